The van der Waals surface area contributed by atoms with Crippen LogP contribution in [0.5, 0.6) is 5.75 Å². The highest BCUT2D eigenvalue weighted by molar-refractivity contribution is 5.55. The van der Waals surface area contributed by atoms with Crippen molar-refractivity contribution in [3.05, 3.63) is 18.0 Å². The van der Waals surface area contributed by atoms with Crippen molar-refractivity contribution in [2.75, 3.05) is 26.6 Å². The van der Waals surface area contributed by atoms with Crippen molar-refractivity contribution in [3.63, 3.8) is 0 Å². The van der Waals surface area contributed by atoms with Crippen LogP contribution in [-0.4, -0.2) is 31.2 Å². The zero-order valence-corrected chi connectivity index (χ0v) is 8.46. The first-order valence-electron chi connectivity index (χ1n) is 4.08. The molecule has 0 aromatic carbocycles. The van der Waals surface area contributed by atoms with E-state index < -0.39 is 0 Å². The number of aromatic nitrogens is 1. The quantitative estimate of drug-likeness (QED) is 0.713. The molecule has 0 spiro atoms. The highest BCUT2D eigenvalue weighted by Gasteiger charge is 2.03. The van der Waals surface area contributed by atoms with Gasteiger partial charge in [-0.25, -0.2) is 5.01 Å². The van der Waals surface area contributed by atoms with Gasteiger partial charge in [0.25, 0.3) is 0 Å². The number of hydrogen-bond donors (Lipinski definition) is 1. The van der Waals surface area contributed by atoms with Gasteiger partial charge in [0.05, 0.1) is 19.0 Å². The zero-order chi connectivity index (χ0) is 9.84. The molecule has 0 bridgehead atoms. The molecular weight excluding hydrogens is 166 g/mol. The van der Waals surface area contributed by atoms with E-state index in [1.165, 1.54) is 0 Å². The summed E-state index contributed by atoms with van der Waals surface area (Å²) in [4.78, 5) is 4.13. The number of anilines is 1. The van der Waals surface area contributed by atoms with Crippen LogP contribution in [0.1, 0.15) is 5.69 Å². The Labute approximate surface area is 78.5 Å². The van der Waals surface area contributed by atoms with Gasteiger partial charge in [0.2, 0.25) is 0 Å². The van der Waals surface area contributed by atoms with Gasteiger partial charge in [0.15, 0.2) is 5.75 Å². The molecule has 0 unspecified atom stereocenters. The summed E-state index contributed by atoms with van der Waals surface area (Å²) in [5.41, 5.74) is 5.03. The Kier molecular flexibility index (Phi) is 3.08. The molecule has 0 aliphatic carbocycles. The standard InChI is InChI=1S/C9H15N3O/c1-7-5-8(11-12(2)3)9(13-4)6-10-7/h5-6H,1-4H3,(H,10,11). The Bertz CT molecular complexity index is 286. The molecular formula is C9H15N3O. The van der Waals surface area contributed by atoms with E-state index in [-0.39, 0.29) is 0 Å². The number of methoxy groups -OCH3 is 1. The molecule has 13 heavy (non-hydrogen) atoms. The summed E-state index contributed by atoms with van der Waals surface area (Å²) >= 11 is 0. The summed E-state index contributed by atoms with van der Waals surface area (Å²) in [5.74, 6) is 0.749. The molecule has 0 saturated carbocycles. The van der Waals surface area contributed by atoms with Crippen LogP contribution >= 0.6 is 0 Å². The lowest BCUT2D eigenvalue weighted by molar-refractivity contribution is 0.408. The Morgan fingerprint density at radius 2 is 2.15 bits per heavy atom. The summed E-state index contributed by atoms with van der Waals surface area (Å²) in [6.45, 7) is 1.94. The number of hydrazine groups is 1. The summed E-state index contributed by atoms with van der Waals surface area (Å²) in [6, 6.07) is 1.94. The number of hydrogen-bond acceptors (Lipinski definition) is 4. The minimum Gasteiger partial charge on any atom is -0.493 e. The number of rotatable bonds is 3. The molecule has 0 amide bonds. The lowest BCUT2D eigenvalue weighted by Gasteiger charge is -2.16. The number of aryl methyl sites for hydroxylation is 1. The summed E-state index contributed by atoms with van der Waals surface area (Å²) in [7, 11) is 5.48. The molecule has 1 rings (SSSR count). The first-order chi connectivity index (χ1) is 6.13. The molecule has 1 aromatic heterocycles. The number of pyridine rings is 1. The van der Waals surface area contributed by atoms with Gasteiger partial charge in [-0.05, 0) is 13.0 Å². The van der Waals surface area contributed by atoms with Crippen LogP contribution in [0.25, 0.3) is 0 Å². The lowest BCUT2D eigenvalue weighted by atomic mass is 10.3. The van der Waals surface area contributed by atoms with Crippen molar-refractivity contribution in [1.82, 2.24) is 9.99 Å². The number of nitrogens with zero attached hydrogens (tertiary/aromatic N) is 2. The third kappa shape index (κ3) is 2.59. The first-order valence-corrected chi connectivity index (χ1v) is 4.08. The van der Waals surface area contributed by atoms with E-state index in [2.05, 4.69) is 10.4 Å². The highest BCUT2D eigenvalue weighted by Crippen LogP contribution is 2.23. The third-order valence-electron chi connectivity index (χ3n) is 1.57. The predicted molar refractivity (Wildman–Crippen MR) is 52.8 cm³/mol. The second-order valence-corrected chi connectivity index (χ2v) is 3.03. The average molecular weight is 181 g/mol. The summed E-state index contributed by atoms with van der Waals surface area (Å²) in [5, 5.41) is 1.86. The van der Waals surface area contributed by atoms with Crippen molar-refractivity contribution >= 4 is 5.69 Å². The van der Waals surface area contributed by atoms with Crippen LogP contribution in [0.15, 0.2) is 12.3 Å². The molecule has 4 heteroatoms. The molecule has 4 nitrogen and oxygen atoms in total. The Balaban J connectivity index is 2.94. The van der Waals surface area contributed by atoms with Crippen LogP contribution in [-0.2, 0) is 0 Å². The summed E-state index contributed by atoms with van der Waals surface area (Å²) < 4.78 is 5.15. The largest absolute Gasteiger partial charge is 0.493 e. The van der Waals surface area contributed by atoms with Crippen molar-refractivity contribution in [2.45, 2.75) is 6.92 Å². The lowest BCUT2D eigenvalue weighted by Crippen LogP contribution is -2.20. The van der Waals surface area contributed by atoms with E-state index in [1.807, 2.05) is 32.1 Å². The van der Waals surface area contributed by atoms with Crippen molar-refractivity contribution in [3.8, 4) is 5.75 Å². The molecule has 0 aliphatic heterocycles. The van der Waals surface area contributed by atoms with Crippen LogP contribution < -0.4 is 10.2 Å². The minimum absolute atomic E-state index is 0.749. The minimum atomic E-state index is 0.749. The predicted octanol–water partition coefficient (Wildman–Crippen LogP) is 1.29. The molecule has 0 saturated heterocycles. The average Bonchev–Trinajstić information content (AvgIpc) is 2.03. The van der Waals surface area contributed by atoms with Gasteiger partial charge in [-0.2, -0.15) is 0 Å². The van der Waals surface area contributed by atoms with Gasteiger partial charge < -0.3 is 10.2 Å². The van der Waals surface area contributed by atoms with Crippen LogP contribution in [0.3, 0.4) is 0 Å². The van der Waals surface area contributed by atoms with Gasteiger partial charge in [0.1, 0.15) is 0 Å². The van der Waals surface area contributed by atoms with E-state index in [1.54, 1.807) is 13.3 Å². The van der Waals surface area contributed by atoms with Gasteiger partial charge >= 0.3 is 0 Å². The smallest absolute Gasteiger partial charge is 0.161 e. The fourth-order valence-corrected chi connectivity index (χ4v) is 1.04. The van der Waals surface area contributed by atoms with E-state index >= 15 is 0 Å². The van der Waals surface area contributed by atoms with Gasteiger partial charge in [-0.3, -0.25) is 4.98 Å². The molecule has 0 fully saturated rings. The van der Waals surface area contributed by atoms with E-state index in [4.69, 9.17) is 4.74 Å². The fourth-order valence-electron chi connectivity index (χ4n) is 1.04. The molecule has 0 aliphatic rings. The third-order valence-corrected chi connectivity index (χ3v) is 1.57. The Morgan fingerprint density at radius 1 is 1.46 bits per heavy atom. The second-order valence-electron chi connectivity index (χ2n) is 3.03. The molecule has 0 atom stereocenters. The monoisotopic (exact) mass is 181 g/mol. The van der Waals surface area contributed by atoms with Crippen LogP contribution in [0, 0.1) is 6.92 Å². The Hall–Kier alpha value is -1.29. The SMILES string of the molecule is COc1cnc(C)cc1NN(C)C. The van der Waals surface area contributed by atoms with Gasteiger partial charge in [-0.15, -0.1) is 0 Å². The summed E-state index contributed by atoms with van der Waals surface area (Å²) in [6.07, 6.45) is 1.71. The van der Waals surface area contributed by atoms with Crippen LogP contribution in [0.2, 0.25) is 0 Å². The molecule has 1 N–H and O–H groups in total. The molecule has 1 aromatic rings. The normalized spacial score (nSPS) is 10.2. The number of nitrogens with one attached hydrogen (secondary N) is 1. The zero-order valence-electron chi connectivity index (χ0n) is 8.46. The van der Waals surface area contributed by atoms with E-state index in [9.17, 15) is 0 Å². The number of ether oxygens (including phenoxy) is 1. The van der Waals surface area contributed by atoms with Crippen molar-refractivity contribution < 1.29 is 4.74 Å². The van der Waals surface area contributed by atoms with Gasteiger partial charge in [0, 0.05) is 19.8 Å². The van der Waals surface area contributed by atoms with E-state index in [0.29, 0.717) is 0 Å². The van der Waals surface area contributed by atoms with Gasteiger partial charge in [-0.1, -0.05) is 0 Å². The second kappa shape index (κ2) is 4.09. The Morgan fingerprint density at radius 3 is 2.69 bits per heavy atom. The van der Waals surface area contributed by atoms with Crippen LogP contribution in [0.4, 0.5) is 5.69 Å². The maximum absolute atomic E-state index is 5.15. The highest BCUT2D eigenvalue weighted by atomic mass is 16.5. The maximum Gasteiger partial charge on any atom is 0.161 e. The van der Waals surface area contributed by atoms with Crippen molar-refractivity contribution in [1.29, 1.82) is 0 Å². The van der Waals surface area contributed by atoms with E-state index in [0.717, 1.165) is 17.1 Å². The fraction of sp³-hybridized carbons (Fsp3) is 0.444. The van der Waals surface area contributed by atoms with Crippen molar-refractivity contribution in [2.24, 2.45) is 0 Å². The molecule has 72 valence electrons. The topological polar surface area (TPSA) is 37.4 Å². The molecule has 0 radical (unpaired) electrons. The first kappa shape index (κ1) is 9.80. The maximum atomic E-state index is 5.15. The molecule has 1 heterocycles.